The Labute approximate surface area is 160 Å². The van der Waals surface area contributed by atoms with Crippen molar-refractivity contribution in [2.45, 2.75) is 0 Å². The Kier molecular flexibility index (Phi) is 3.69. The lowest BCUT2D eigenvalue weighted by atomic mass is 10.1. The number of aromatic amines is 1. The van der Waals surface area contributed by atoms with Gasteiger partial charge in [0, 0.05) is 42.8 Å². The Bertz CT molecular complexity index is 1340. The van der Waals surface area contributed by atoms with Crippen LogP contribution in [0.2, 0.25) is 0 Å². The van der Waals surface area contributed by atoms with Gasteiger partial charge in [0.25, 0.3) is 0 Å². The number of hydrogen-bond acceptors (Lipinski definition) is 3. The van der Waals surface area contributed by atoms with Crippen LogP contribution in [-0.4, -0.2) is 24.1 Å². The van der Waals surface area contributed by atoms with Crippen molar-refractivity contribution in [3.8, 4) is 28.2 Å². The number of aryl methyl sites for hydroxylation is 1. The second kappa shape index (κ2) is 6.35. The highest BCUT2D eigenvalue weighted by Gasteiger charge is 2.15. The minimum absolute atomic E-state index is 0.108. The molecule has 0 saturated carbocycles. The lowest BCUT2D eigenvalue weighted by molar-refractivity contribution is 0.824. The Hall–Kier alpha value is -3.93. The number of aromatic nitrogens is 5. The van der Waals surface area contributed by atoms with E-state index in [1.807, 2.05) is 67.1 Å². The zero-order chi connectivity index (χ0) is 19.1. The third kappa shape index (κ3) is 2.63. The smallest absolute Gasteiger partial charge is 0.333 e. The van der Waals surface area contributed by atoms with E-state index in [0.717, 1.165) is 39.2 Å². The molecule has 4 heterocycles. The van der Waals surface area contributed by atoms with Crippen molar-refractivity contribution in [2.75, 3.05) is 0 Å². The molecule has 136 valence electrons. The summed E-state index contributed by atoms with van der Waals surface area (Å²) in [5.74, 6) is 0. The average Bonchev–Trinajstić information content (AvgIpc) is 3.33. The first-order chi connectivity index (χ1) is 13.7. The van der Waals surface area contributed by atoms with Crippen molar-refractivity contribution in [1.29, 1.82) is 0 Å². The molecule has 0 spiro atoms. The van der Waals surface area contributed by atoms with Gasteiger partial charge >= 0.3 is 5.69 Å². The van der Waals surface area contributed by atoms with Gasteiger partial charge in [-0.15, -0.1) is 0 Å². The van der Waals surface area contributed by atoms with E-state index < -0.39 is 0 Å². The molecule has 0 amide bonds. The van der Waals surface area contributed by atoms with Crippen molar-refractivity contribution in [3.05, 3.63) is 89.9 Å². The Morgan fingerprint density at radius 2 is 1.82 bits per heavy atom. The Morgan fingerprint density at radius 3 is 2.68 bits per heavy atom. The molecule has 5 rings (SSSR count). The lowest BCUT2D eigenvalue weighted by Crippen LogP contribution is -2.21. The summed E-state index contributed by atoms with van der Waals surface area (Å²) in [5.41, 5.74) is 5.04. The largest absolute Gasteiger partial charge is 0.346 e. The zero-order valence-corrected chi connectivity index (χ0v) is 15.2. The number of nitrogens with one attached hydrogen (secondary N) is 1. The van der Waals surface area contributed by atoms with E-state index in [1.54, 1.807) is 22.4 Å². The molecule has 0 bridgehead atoms. The van der Waals surface area contributed by atoms with E-state index in [0.29, 0.717) is 0 Å². The molecule has 0 aliphatic rings. The standard InChI is InChI=1S/C22H17N5O/c1-26-14-20(27(22(26)28)18-5-3-2-4-6-18)19-12-15(7-9-23-19)17-11-16-8-10-24-21(16)25-13-17/h2-14H,1H3,(H,24,25). The second-order valence-electron chi connectivity index (χ2n) is 6.65. The van der Waals surface area contributed by atoms with Gasteiger partial charge in [-0.2, -0.15) is 0 Å². The molecule has 0 aliphatic carbocycles. The number of hydrogen-bond donors (Lipinski definition) is 1. The minimum atomic E-state index is -0.108. The first-order valence-electron chi connectivity index (χ1n) is 8.94. The van der Waals surface area contributed by atoms with E-state index in [-0.39, 0.29) is 5.69 Å². The monoisotopic (exact) mass is 367 g/mol. The van der Waals surface area contributed by atoms with Crippen LogP contribution in [0.4, 0.5) is 0 Å². The topological polar surface area (TPSA) is 68.5 Å². The van der Waals surface area contributed by atoms with E-state index in [2.05, 4.69) is 21.0 Å². The molecular weight excluding hydrogens is 350 g/mol. The highest BCUT2D eigenvalue weighted by Crippen LogP contribution is 2.26. The van der Waals surface area contributed by atoms with Crippen LogP contribution in [0.25, 0.3) is 39.2 Å². The van der Waals surface area contributed by atoms with E-state index >= 15 is 0 Å². The van der Waals surface area contributed by atoms with Crippen LogP contribution in [0.15, 0.2) is 84.2 Å². The fourth-order valence-corrected chi connectivity index (χ4v) is 3.41. The minimum Gasteiger partial charge on any atom is -0.346 e. The van der Waals surface area contributed by atoms with E-state index in [4.69, 9.17) is 0 Å². The fraction of sp³-hybridized carbons (Fsp3) is 0.0455. The third-order valence-electron chi connectivity index (χ3n) is 4.82. The summed E-state index contributed by atoms with van der Waals surface area (Å²) >= 11 is 0. The Morgan fingerprint density at radius 1 is 0.964 bits per heavy atom. The average molecular weight is 367 g/mol. The van der Waals surface area contributed by atoms with Gasteiger partial charge in [0.1, 0.15) is 5.65 Å². The first kappa shape index (κ1) is 16.3. The van der Waals surface area contributed by atoms with Crippen molar-refractivity contribution in [1.82, 2.24) is 24.1 Å². The number of nitrogens with zero attached hydrogens (tertiary/aromatic N) is 4. The quantitative estimate of drug-likeness (QED) is 0.528. The summed E-state index contributed by atoms with van der Waals surface area (Å²) in [6.45, 7) is 0. The van der Waals surface area contributed by atoms with Gasteiger partial charge in [0.15, 0.2) is 0 Å². The number of benzene rings is 1. The molecule has 4 aromatic heterocycles. The summed E-state index contributed by atoms with van der Waals surface area (Å²) in [6, 6.07) is 17.6. The van der Waals surface area contributed by atoms with Crippen molar-refractivity contribution in [2.24, 2.45) is 7.05 Å². The van der Waals surface area contributed by atoms with Gasteiger partial charge in [-0.25, -0.2) is 9.78 Å². The van der Waals surface area contributed by atoms with Crippen molar-refractivity contribution >= 4 is 11.0 Å². The normalized spacial score (nSPS) is 11.2. The van der Waals surface area contributed by atoms with Gasteiger partial charge in [0.2, 0.25) is 0 Å². The van der Waals surface area contributed by atoms with Crippen LogP contribution in [-0.2, 0) is 7.05 Å². The fourth-order valence-electron chi connectivity index (χ4n) is 3.41. The van der Waals surface area contributed by atoms with E-state index in [9.17, 15) is 4.79 Å². The second-order valence-corrected chi connectivity index (χ2v) is 6.65. The molecule has 0 aliphatic heterocycles. The maximum Gasteiger partial charge on any atom is 0.333 e. The predicted molar refractivity (Wildman–Crippen MR) is 109 cm³/mol. The Balaban J connectivity index is 1.66. The molecule has 5 aromatic rings. The van der Waals surface area contributed by atoms with Crippen LogP contribution in [0, 0.1) is 0 Å². The van der Waals surface area contributed by atoms with Crippen LogP contribution in [0.3, 0.4) is 0 Å². The molecule has 6 nitrogen and oxygen atoms in total. The lowest BCUT2D eigenvalue weighted by Gasteiger charge is -2.08. The molecule has 0 fully saturated rings. The van der Waals surface area contributed by atoms with Gasteiger partial charge in [-0.3, -0.25) is 9.55 Å². The number of imidazole rings is 1. The number of para-hydroxylation sites is 1. The van der Waals surface area contributed by atoms with Crippen LogP contribution in [0.5, 0.6) is 0 Å². The number of fused-ring (bicyclic) bond motifs is 1. The molecule has 1 aromatic carbocycles. The number of H-pyrrole nitrogens is 1. The molecule has 0 unspecified atom stereocenters. The summed E-state index contributed by atoms with van der Waals surface area (Å²) in [4.78, 5) is 24.8. The molecule has 0 atom stereocenters. The molecular formula is C22H17N5O. The maximum atomic E-state index is 12.7. The van der Waals surface area contributed by atoms with Crippen molar-refractivity contribution in [3.63, 3.8) is 0 Å². The summed E-state index contributed by atoms with van der Waals surface area (Å²) < 4.78 is 3.25. The van der Waals surface area contributed by atoms with Crippen LogP contribution in [0.1, 0.15) is 0 Å². The molecule has 0 radical (unpaired) electrons. The SMILES string of the molecule is Cn1cc(-c2cc(-c3cnc4[nH]ccc4c3)ccn2)n(-c2ccccc2)c1=O. The molecule has 28 heavy (non-hydrogen) atoms. The summed E-state index contributed by atoms with van der Waals surface area (Å²) in [7, 11) is 1.75. The highest BCUT2D eigenvalue weighted by atomic mass is 16.1. The van der Waals surface area contributed by atoms with Crippen molar-refractivity contribution < 1.29 is 0 Å². The van der Waals surface area contributed by atoms with Crippen LogP contribution >= 0.6 is 0 Å². The first-order valence-corrected chi connectivity index (χ1v) is 8.94. The third-order valence-corrected chi connectivity index (χ3v) is 4.82. The van der Waals surface area contributed by atoms with E-state index in [1.165, 1.54) is 0 Å². The van der Waals surface area contributed by atoms with Gasteiger partial charge < -0.3 is 9.55 Å². The summed E-state index contributed by atoms with van der Waals surface area (Å²) in [5, 5.41) is 1.05. The van der Waals surface area contributed by atoms with Crippen LogP contribution < -0.4 is 5.69 Å². The van der Waals surface area contributed by atoms with Gasteiger partial charge in [-0.1, -0.05) is 18.2 Å². The van der Waals surface area contributed by atoms with Gasteiger partial charge in [-0.05, 0) is 42.0 Å². The number of rotatable bonds is 3. The summed E-state index contributed by atoms with van der Waals surface area (Å²) in [6.07, 6.45) is 7.29. The molecule has 0 saturated heterocycles. The maximum absolute atomic E-state index is 12.7. The predicted octanol–water partition coefficient (Wildman–Crippen LogP) is 3.78. The highest BCUT2D eigenvalue weighted by molar-refractivity contribution is 5.82. The number of pyridine rings is 2. The zero-order valence-electron chi connectivity index (χ0n) is 15.2. The van der Waals surface area contributed by atoms with Gasteiger partial charge in [0.05, 0.1) is 17.1 Å². The molecule has 1 N–H and O–H groups in total. The molecule has 6 heteroatoms.